The van der Waals surface area contributed by atoms with Gasteiger partial charge in [-0.15, -0.1) is 10.1 Å². The molecular weight excluding hydrogens is 506 g/mol. The van der Waals surface area contributed by atoms with Crippen LogP contribution < -0.4 is 10.6 Å². The van der Waals surface area contributed by atoms with Gasteiger partial charge in [0.25, 0.3) is 33.7 Å². The largest absolute Gasteiger partial charge is 0.432 e. The second-order valence-electron chi connectivity index (χ2n) is 7.96. The van der Waals surface area contributed by atoms with Gasteiger partial charge in [0.15, 0.2) is 0 Å². The van der Waals surface area contributed by atoms with Crippen molar-refractivity contribution in [1.29, 1.82) is 0 Å². The minimum atomic E-state index is -4.13. The zero-order valence-electron chi connectivity index (χ0n) is 19.5. The van der Waals surface area contributed by atoms with Crippen molar-refractivity contribution < 1.29 is 51.4 Å². The molecule has 6 amide bonds. The van der Waals surface area contributed by atoms with E-state index in [-0.39, 0.29) is 45.2 Å². The van der Waals surface area contributed by atoms with E-state index in [0.717, 1.165) is 0 Å². The fourth-order valence-corrected chi connectivity index (χ4v) is 3.83. The lowest BCUT2D eigenvalue weighted by Crippen LogP contribution is -2.39. The van der Waals surface area contributed by atoms with Gasteiger partial charge in [0.2, 0.25) is 0 Å². The summed E-state index contributed by atoms with van der Waals surface area (Å²) in [4.78, 5) is 80.6. The van der Waals surface area contributed by atoms with Crippen molar-refractivity contribution in [3.63, 3.8) is 0 Å². The Bertz CT molecular complexity index is 881. The number of hydrogen-bond donors (Lipinski definition) is 3. The fourth-order valence-electron chi connectivity index (χ4n) is 3.34. The van der Waals surface area contributed by atoms with Crippen LogP contribution in [0.4, 0.5) is 9.59 Å². The number of nitrogens with zero attached hydrogens (tertiary/aromatic N) is 3. The number of imide groups is 2. The van der Waals surface area contributed by atoms with Gasteiger partial charge in [0.05, 0.1) is 5.75 Å². The van der Waals surface area contributed by atoms with E-state index >= 15 is 0 Å². The molecule has 0 radical (unpaired) electrons. The molecule has 2 aliphatic rings. The SMILES string of the molecule is O=C(NCCCN(CCCNC(=O)ON1C(=O)CCC1=O)CCCS(=O)(=O)O)ON1C(=O)CCC1=O. The number of amides is 6. The van der Waals surface area contributed by atoms with Crippen LogP contribution in [0.25, 0.3) is 0 Å². The van der Waals surface area contributed by atoms with Gasteiger partial charge in [0.1, 0.15) is 0 Å². The van der Waals surface area contributed by atoms with E-state index in [0.29, 0.717) is 42.6 Å². The molecule has 0 saturated carbocycles. The molecule has 17 heteroatoms. The summed E-state index contributed by atoms with van der Waals surface area (Å²) in [5.74, 6) is -2.84. The molecule has 0 atom stereocenters. The molecule has 0 unspecified atom stereocenters. The van der Waals surface area contributed by atoms with Crippen LogP contribution in [-0.4, -0.2) is 102 Å². The van der Waals surface area contributed by atoms with Crippen LogP contribution in [0, 0.1) is 0 Å². The summed E-state index contributed by atoms with van der Waals surface area (Å²) in [5, 5.41) is 5.66. The maximum absolute atomic E-state index is 11.8. The van der Waals surface area contributed by atoms with E-state index in [9.17, 15) is 37.2 Å². The standard InChI is InChI=1S/C19H29N5O11S/c25-14-4-5-15(26)23(14)34-18(29)20-8-1-10-22(12-3-13-36(31,32)33)11-2-9-21-19(30)35-24-16(27)6-7-17(24)28/h1-13H2,(H,20,29)(H,21,30)(H,31,32,33). The Morgan fingerprint density at radius 2 is 1.11 bits per heavy atom. The zero-order valence-corrected chi connectivity index (χ0v) is 20.3. The van der Waals surface area contributed by atoms with Crippen LogP contribution in [0.2, 0.25) is 0 Å². The number of nitrogens with one attached hydrogen (secondary N) is 2. The third-order valence-electron chi connectivity index (χ3n) is 5.08. The summed E-state index contributed by atoms with van der Waals surface area (Å²) in [5.41, 5.74) is 0. The van der Waals surface area contributed by atoms with Crippen molar-refractivity contribution in [1.82, 2.24) is 25.7 Å². The smallest absolute Gasteiger partial charge is 0.320 e. The average Bonchev–Trinajstić information content (AvgIpc) is 3.28. The second-order valence-corrected chi connectivity index (χ2v) is 9.54. The number of carbonyl (C=O) groups excluding carboxylic acids is 6. The van der Waals surface area contributed by atoms with E-state index in [2.05, 4.69) is 20.3 Å². The maximum Gasteiger partial charge on any atom is 0.432 e. The normalized spacial score (nSPS) is 16.2. The third-order valence-corrected chi connectivity index (χ3v) is 5.88. The van der Waals surface area contributed by atoms with Crippen molar-refractivity contribution in [2.45, 2.75) is 44.9 Å². The summed E-state index contributed by atoms with van der Waals surface area (Å²) in [7, 11) is -4.13. The Morgan fingerprint density at radius 1 is 0.750 bits per heavy atom. The van der Waals surface area contributed by atoms with Gasteiger partial charge in [-0.1, -0.05) is 0 Å². The van der Waals surface area contributed by atoms with Crippen molar-refractivity contribution >= 4 is 45.9 Å². The molecule has 2 aliphatic heterocycles. The van der Waals surface area contributed by atoms with Crippen molar-refractivity contribution in [3.05, 3.63) is 0 Å². The number of hydrogen-bond acceptors (Lipinski definition) is 11. The highest BCUT2D eigenvalue weighted by atomic mass is 32.2. The quantitative estimate of drug-likeness (QED) is 0.138. The Morgan fingerprint density at radius 3 is 1.47 bits per heavy atom. The first-order valence-corrected chi connectivity index (χ1v) is 12.9. The molecule has 202 valence electrons. The molecule has 36 heavy (non-hydrogen) atoms. The van der Waals surface area contributed by atoms with E-state index in [1.807, 2.05) is 4.90 Å². The predicted octanol–water partition coefficient (Wildman–Crippen LogP) is -1.07. The maximum atomic E-state index is 11.8. The lowest BCUT2D eigenvalue weighted by atomic mass is 10.3. The Balaban J connectivity index is 1.70. The molecule has 3 N–H and O–H groups in total. The summed E-state index contributed by atoms with van der Waals surface area (Å²) >= 11 is 0. The van der Waals surface area contributed by atoms with Crippen LogP contribution >= 0.6 is 0 Å². The fraction of sp³-hybridized carbons (Fsp3) is 0.684. The second kappa shape index (κ2) is 13.7. The van der Waals surface area contributed by atoms with Gasteiger partial charge in [-0.25, -0.2) is 9.59 Å². The van der Waals surface area contributed by atoms with E-state index in [1.165, 1.54) is 0 Å². The van der Waals surface area contributed by atoms with Crippen LogP contribution in [-0.2, 0) is 39.0 Å². The highest BCUT2D eigenvalue weighted by molar-refractivity contribution is 7.85. The van der Waals surface area contributed by atoms with Gasteiger partial charge in [-0.05, 0) is 38.9 Å². The minimum Gasteiger partial charge on any atom is -0.320 e. The van der Waals surface area contributed by atoms with Crippen LogP contribution in [0.1, 0.15) is 44.9 Å². The zero-order chi connectivity index (χ0) is 26.7. The molecule has 16 nitrogen and oxygen atoms in total. The molecule has 0 aromatic rings. The topological polar surface area (TPSA) is 209 Å². The summed E-state index contributed by atoms with van der Waals surface area (Å²) in [6.45, 7) is 1.35. The number of hydroxylamine groups is 4. The van der Waals surface area contributed by atoms with Gasteiger partial charge in [-0.2, -0.15) is 8.42 Å². The van der Waals surface area contributed by atoms with Gasteiger partial charge < -0.3 is 25.2 Å². The van der Waals surface area contributed by atoms with E-state index in [1.54, 1.807) is 0 Å². The molecule has 0 aliphatic carbocycles. The number of rotatable bonds is 14. The monoisotopic (exact) mass is 535 g/mol. The molecule has 0 aromatic heterocycles. The van der Waals surface area contributed by atoms with Crippen molar-refractivity contribution in [2.75, 3.05) is 38.5 Å². The molecular formula is C19H29N5O11S. The van der Waals surface area contributed by atoms with E-state index < -0.39 is 51.7 Å². The van der Waals surface area contributed by atoms with Crippen LogP contribution in [0.3, 0.4) is 0 Å². The molecule has 2 saturated heterocycles. The van der Waals surface area contributed by atoms with Crippen molar-refractivity contribution in [3.8, 4) is 0 Å². The number of carbonyl (C=O) groups is 6. The summed E-state index contributed by atoms with van der Waals surface area (Å²) in [6.07, 6.45) is -1.07. The third kappa shape index (κ3) is 10.1. The predicted molar refractivity (Wildman–Crippen MR) is 118 cm³/mol. The van der Waals surface area contributed by atoms with E-state index in [4.69, 9.17) is 4.55 Å². The lowest BCUT2D eigenvalue weighted by molar-refractivity contribution is -0.172. The highest BCUT2D eigenvalue weighted by Crippen LogP contribution is 2.12. The molecule has 2 rings (SSSR count). The molecule has 0 spiro atoms. The van der Waals surface area contributed by atoms with Gasteiger partial charge >= 0.3 is 12.2 Å². The summed E-state index contributed by atoms with van der Waals surface area (Å²) < 4.78 is 30.9. The first-order chi connectivity index (χ1) is 17.0. The van der Waals surface area contributed by atoms with Gasteiger partial charge in [0, 0.05) is 38.8 Å². The van der Waals surface area contributed by atoms with Crippen LogP contribution in [0.5, 0.6) is 0 Å². The van der Waals surface area contributed by atoms with Gasteiger partial charge in [-0.3, -0.25) is 23.7 Å². The average molecular weight is 536 g/mol. The molecule has 0 aromatic carbocycles. The highest BCUT2D eigenvalue weighted by Gasteiger charge is 2.33. The Labute approximate surface area is 206 Å². The lowest BCUT2D eigenvalue weighted by Gasteiger charge is -2.22. The molecule has 0 bridgehead atoms. The van der Waals surface area contributed by atoms with Crippen LogP contribution in [0.15, 0.2) is 0 Å². The first kappa shape index (κ1) is 28.9. The Kier molecular flexibility index (Phi) is 11.0. The Hall–Kier alpha value is -3.31. The minimum absolute atomic E-state index is 0.0221. The van der Waals surface area contributed by atoms with Crippen molar-refractivity contribution in [2.24, 2.45) is 0 Å². The summed E-state index contributed by atoms with van der Waals surface area (Å²) in [6, 6.07) is 0. The molecule has 2 heterocycles. The molecule has 2 fully saturated rings. The first-order valence-electron chi connectivity index (χ1n) is 11.3.